The van der Waals surface area contributed by atoms with E-state index in [1.54, 1.807) is 36.4 Å². The first kappa shape index (κ1) is 14.9. The molecule has 0 aliphatic heterocycles. The molecule has 0 radical (unpaired) electrons. The van der Waals surface area contributed by atoms with Crippen molar-refractivity contribution in [2.45, 2.75) is 5.92 Å². The molecule has 1 nitrogen and oxygen atoms in total. The number of rotatable bonds is 3. The fraction of sp³-hybridized carbons (Fsp3) is 0.0500. The van der Waals surface area contributed by atoms with Gasteiger partial charge in [-0.05, 0) is 34.9 Å². The summed E-state index contributed by atoms with van der Waals surface area (Å²) in [5.74, 6) is -1.46. The van der Waals surface area contributed by atoms with Crippen LogP contribution in [-0.4, -0.2) is 0 Å². The average molecular weight is 305 g/mol. The highest BCUT2D eigenvalue weighted by Crippen LogP contribution is 2.34. The van der Waals surface area contributed by atoms with Crippen LogP contribution in [0.5, 0.6) is 0 Å². The summed E-state index contributed by atoms with van der Waals surface area (Å²) in [5.41, 5.74) is 2.62. The Morgan fingerprint density at radius 1 is 0.739 bits per heavy atom. The molecule has 3 heteroatoms. The van der Waals surface area contributed by atoms with Crippen molar-refractivity contribution in [1.29, 1.82) is 5.26 Å². The third-order valence-corrected chi connectivity index (χ3v) is 3.77. The number of hydrogen-bond acceptors (Lipinski definition) is 1. The van der Waals surface area contributed by atoms with Gasteiger partial charge in [0, 0.05) is 5.56 Å². The summed E-state index contributed by atoms with van der Waals surface area (Å²) in [6.45, 7) is 0. The summed E-state index contributed by atoms with van der Waals surface area (Å²) in [6.07, 6.45) is 0. The normalized spacial score (nSPS) is 11.7. The third-order valence-electron chi connectivity index (χ3n) is 3.77. The molecule has 0 aliphatic rings. The second-order valence-electron chi connectivity index (χ2n) is 5.18. The van der Waals surface area contributed by atoms with Crippen LogP contribution in [-0.2, 0) is 0 Å². The number of nitrogens with zero attached hydrogens (tertiary/aromatic N) is 1. The van der Waals surface area contributed by atoms with Crippen molar-refractivity contribution in [3.63, 3.8) is 0 Å². The van der Waals surface area contributed by atoms with E-state index in [1.807, 2.05) is 18.2 Å². The standard InChI is InChI=1S/C20H13F2N/c21-15-11-9-14(10-12-15)16-5-1-2-6-17(16)19(13-23)18-7-3-4-8-20(18)22/h1-12,19H. The van der Waals surface area contributed by atoms with E-state index < -0.39 is 11.7 Å². The summed E-state index contributed by atoms with van der Waals surface area (Å²) in [6, 6.07) is 21.8. The average Bonchev–Trinajstić information content (AvgIpc) is 2.58. The van der Waals surface area contributed by atoms with Gasteiger partial charge in [0.05, 0.1) is 12.0 Å². The van der Waals surface area contributed by atoms with E-state index >= 15 is 0 Å². The van der Waals surface area contributed by atoms with Crippen molar-refractivity contribution < 1.29 is 8.78 Å². The van der Waals surface area contributed by atoms with Gasteiger partial charge >= 0.3 is 0 Å². The predicted molar refractivity (Wildman–Crippen MR) is 85.7 cm³/mol. The Labute approximate surface area is 133 Å². The highest BCUT2D eigenvalue weighted by Gasteiger charge is 2.20. The summed E-state index contributed by atoms with van der Waals surface area (Å²) in [4.78, 5) is 0. The van der Waals surface area contributed by atoms with E-state index in [9.17, 15) is 14.0 Å². The molecule has 23 heavy (non-hydrogen) atoms. The van der Waals surface area contributed by atoms with Crippen LogP contribution < -0.4 is 0 Å². The molecule has 0 amide bonds. The summed E-state index contributed by atoms with van der Waals surface area (Å²) < 4.78 is 27.2. The molecule has 0 spiro atoms. The Balaban J connectivity index is 2.15. The van der Waals surface area contributed by atoms with Crippen LogP contribution in [0, 0.1) is 23.0 Å². The molecular formula is C20H13F2N. The third kappa shape index (κ3) is 2.97. The van der Waals surface area contributed by atoms with E-state index in [0.29, 0.717) is 11.1 Å². The van der Waals surface area contributed by atoms with Crippen LogP contribution in [0.4, 0.5) is 8.78 Å². The van der Waals surface area contributed by atoms with Crippen LogP contribution >= 0.6 is 0 Å². The van der Waals surface area contributed by atoms with Crippen molar-refractivity contribution >= 4 is 0 Å². The van der Waals surface area contributed by atoms with Gasteiger partial charge in [-0.3, -0.25) is 0 Å². The monoisotopic (exact) mass is 305 g/mol. The number of hydrogen-bond donors (Lipinski definition) is 0. The molecule has 0 fully saturated rings. The fourth-order valence-corrected chi connectivity index (χ4v) is 2.66. The topological polar surface area (TPSA) is 23.8 Å². The Hall–Kier alpha value is -2.99. The van der Waals surface area contributed by atoms with Crippen molar-refractivity contribution in [3.05, 3.63) is 95.6 Å². The highest BCUT2D eigenvalue weighted by atomic mass is 19.1. The lowest BCUT2D eigenvalue weighted by Gasteiger charge is -2.16. The maximum absolute atomic E-state index is 14.1. The Morgan fingerprint density at radius 3 is 2.00 bits per heavy atom. The molecule has 1 atom stereocenters. The molecule has 0 N–H and O–H groups in total. The number of nitriles is 1. The minimum atomic E-state index is -0.725. The lowest BCUT2D eigenvalue weighted by atomic mass is 9.86. The Morgan fingerprint density at radius 2 is 1.35 bits per heavy atom. The number of halogens is 2. The maximum Gasteiger partial charge on any atom is 0.128 e. The lowest BCUT2D eigenvalue weighted by Crippen LogP contribution is -2.03. The Kier molecular flexibility index (Phi) is 4.16. The first-order valence-electron chi connectivity index (χ1n) is 7.19. The van der Waals surface area contributed by atoms with Gasteiger partial charge in [-0.25, -0.2) is 8.78 Å². The zero-order valence-corrected chi connectivity index (χ0v) is 12.2. The molecule has 0 saturated carbocycles. The molecule has 0 saturated heterocycles. The van der Waals surface area contributed by atoms with E-state index in [-0.39, 0.29) is 5.82 Å². The SMILES string of the molecule is N#CC(c1ccccc1F)c1ccccc1-c1ccc(F)cc1. The molecule has 112 valence electrons. The van der Waals surface area contributed by atoms with Crippen LogP contribution in [0.2, 0.25) is 0 Å². The van der Waals surface area contributed by atoms with Gasteiger partial charge in [0.1, 0.15) is 11.6 Å². The summed E-state index contributed by atoms with van der Waals surface area (Å²) in [5, 5.41) is 9.60. The minimum Gasteiger partial charge on any atom is -0.207 e. The van der Waals surface area contributed by atoms with E-state index in [1.165, 1.54) is 18.2 Å². The molecule has 0 aliphatic carbocycles. The van der Waals surface area contributed by atoms with Gasteiger partial charge in [-0.15, -0.1) is 0 Å². The summed E-state index contributed by atoms with van der Waals surface area (Å²) in [7, 11) is 0. The van der Waals surface area contributed by atoms with Crippen molar-refractivity contribution in [3.8, 4) is 17.2 Å². The second-order valence-corrected chi connectivity index (χ2v) is 5.18. The molecular weight excluding hydrogens is 292 g/mol. The molecule has 0 aromatic heterocycles. The Bertz CT molecular complexity index is 863. The quantitative estimate of drug-likeness (QED) is 0.645. The van der Waals surface area contributed by atoms with Gasteiger partial charge in [-0.2, -0.15) is 5.26 Å². The van der Waals surface area contributed by atoms with Gasteiger partial charge in [-0.1, -0.05) is 54.6 Å². The zero-order valence-electron chi connectivity index (χ0n) is 12.2. The lowest BCUT2D eigenvalue weighted by molar-refractivity contribution is 0.609. The van der Waals surface area contributed by atoms with Crippen molar-refractivity contribution in [1.82, 2.24) is 0 Å². The fourth-order valence-electron chi connectivity index (χ4n) is 2.66. The van der Waals surface area contributed by atoms with Gasteiger partial charge in [0.15, 0.2) is 0 Å². The molecule has 0 bridgehead atoms. The van der Waals surface area contributed by atoms with Crippen LogP contribution in [0.15, 0.2) is 72.8 Å². The van der Waals surface area contributed by atoms with Crippen LogP contribution in [0.1, 0.15) is 17.0 Å². The molecule has 3 aromatic rings. The van der Waals surface area contributed by atoms with E-state index in [0.717, 1.165) is 11.1 Å². The van der Waals surface area contributed by atoms with Gasteiger partial charge in [0.2, 0.25) is 0 Å². The van der Waals surface area contributed by atoms with E-state index in [4.69, 9.17) is 0 Å². The first-order chi connectivity index (χ1) is 11.2. The first-order valence-corrected chi connectivity index (χ1v) is 7.19. The molecule has 0 heterocycles. The predicted octanol–water partition coefficient (Wildman–Crippen LogP) is 5.29. The van der Waals surface area contributed by atoms with Gasteiger partial charge in [0.25, 0.3) is 0 Å². The van der Waals surface area contributed by atoms with E-state index in [2.05, 4.69) is 6.07 Å². The smallest absolute Gasteiger partial charge is 0.128 e. The van der Waals surface area contributed by atoms with Crippen molar-refractivity contribution in [2.75, 3.05) is 0 Å². The second kappa shape index (κ2) is 6.41. The van der Waals surface area contributed by atoms with Crippen molar-refractivity contribution in [2.24, 2.45) is 0 Å². The summed E-state index contributed by atoms with van der Waals surface area (Å²) >= 11 is 0. The largest absolute Gasteiger partial charge is 0.207 e. The molecule has 3 aromatic carbocycles. The zero-order chi connectivity index (χ0) is 16.2. The highest BCUT2D eigenvalue weighted by molar-refractivity contribution is 5.69. The molecule has 1 unspecified atom stereocenters. The minimum absolute atomic E-state index is 0.322. The number of benzene rings is 3. The van der Waals surface area contributed by atoms with Crippen LogP contribution in [0.25, 0.3) is 11.1 Å². The molecule has 3 rings (SSSR count). The van der Waals surface area contributed by atoms with Gasteiger partial charge < -0.3 is 0 Å². The van der Waals surface area contributed by atoms with Crippen LogP contribution in [0.3, 0.4) is 0 Å². The maximum atomic E-state index is 14.1.